The monoisotopic (exact) mass is 418 g/mol. The molecule has 1 unspecified atom stereocenters. The molecule has 3 rings (SSSR count). The summed E-state index contributed by atoms with van der Waals surface area (Å²) in [5.74, 6) is 1.13. The fraction of sp³-hybridized carbons (Fsp3) is 0.526. The molecule has 29 heavy (non-hydrogen) atoms. The Bertz CT molecular complexity index is 847. The molecule has 0 bridgehead atoms. The highest BCUT2D eigenvalue weighted by Crippen LogP contribution is 2.23. The second kappa shape index (κ2) is 11.2. The fourth-order valence-electron chi connectivity index (χ4n) is 3.04. The van der Waals surface area contributed by atoms with E-state index in [-0.39, 0.29) is 18.2 Å². The average molecular weight is 419 g/mol. The Labute approximate surface area is 176 Å². The summed E-state index contributed by atoms with van der Waals surface area (Å²) in [6, 6.07) is 1.92. The van der Waals surface area contributed by atoms with Crippen LogP contribution in [0.2, 0.25) is 5.02 Å². The highest BCUT2D eigenvalue weighted by molar-refractivity contribution is 6.32. The largest absolute Gasteiger partial charge is 0.368 e. The van der Waals surface area contributed by atoms with Crippen molar-refractivity contribution in [1.29, 1.82) is 5.26 Å². The van der Waals surface area contributed by atoms with Crippen LogP contribution in [-0.2, 0) is 11.8 Å². The predicted molar refractivity (Wildman–Crippen MR) is 113 cm³/mol. The van der Waals surface area contributed by atoms with Crippen LogP contribution in [0.25, 0.3) is 0 Å². The number of carbonyl (C=O) groups excluding carboxylic acids is 1. The zero-order valence-corrected chi connectivity index (χ0v) is 17.8. The number of nitrogens with zero attached hydrogens (tertiary/aromatic N) is 6. The maximum atomic E-state index is 11.9. The van der Waals surface area contributed by atoms with E-state index in [0.29, 0.717) is 36.4 Å². The molecule has 2 aromatic heterocycles. The SMILES string of the molecule is CC.Cn1cc(Nc2ncc(Cl)c(NCC3CCCN(C(=O)CC#N)C3)n2)cn1. The Morgan fingerprint density at radius 3 is 2.90 bits per heavy atom. The van der Waals surface area contributed by atoms with Gasteiger partial charge in [-0.05, 0) is 18.8 Å². The summed E-state index contributed by atoms with van der Waals surface area (Å²) in [5, 5.41) is 19.6. The highest BCUT2D eigenvalue weighted by Gasteiger charge is 2.23. The van der Waals surface area contributed by atoms with Gasteiger partial charge in [-0.3, -0.25) is 9.48 Å². The number of nitrogens with one attached hydrogen (secondary N) is 2. The van der Waals surface area contributed by atoms with E-state index < -0.39 is 0 Å². The molecule has 1 aliphatic rings. The van der Waals surface area contributed by atoms with Crippen LogP contribution in [0.15, 0.2) is 18.6 Å². The van der Waals surface area contributed by atoms with E-state index in [1.165, 1.54) is 0 Å². The lowest BCUT2D eigenvalue weighted by molar-refractivity contribution is -0.131. The first kappa shape index (κ1) is 22.4. The number of nitriles is 1. The molecule has 1 fully saturated rings. The summed E-state index contributed by atoms with van der Waals surface area (Å²) in [5.41, 5.74) is 0.782. The van der Waals surface area contributed by atoms with Crippen molar-refractivity contribution in [3.8, 4) is 6.07 Å². The van der Waals surface area contributed by atoms with Gasteiger partial charge in [-0.15, -0.1) is 0 Å². The minimum Gasteiger partial charge on any atom is -0.368 e. The Kier molecular flexibility index (Phi) is 8.68. The van der Waals surface area contributed by atoms with Gasteiger partial charge in [-0.2, -0.15) is 15.3 Å². The van der Waals surface area contributed by atoms with Crippen LogP contribution in [0.4, 0.5) is 17.5 Å². The molecule has 1 atom stereocenters. The molecule has 2 N–H and O–H groups in total. The minimum atomic E-state index is -0.106. The zero-order valence-electron chi connectivity index (χ0n) is 17.0. The number of rotatable bonds is 6. The zero-order chi connectivity index (χ0) is 21.2. The average Bonchev–Trinajstić information content (AvgIpc) is 3.15. The van der Waals surface area contributed by atoms with E-state index in [1.54, 1.807) is 22.0 Å². The van der Waals surface area contributed by atoms with Crippen LogP contribution in [-0.4, -0.2) is 50.2 Å². The van der Waals surface area contributed by atoms with Gasteiger partial charge in [0.25, 0.3) is 0 Å². The molecule has 2 aromatic rings. The van der Waals surface area contributed by atoms with Gasteiger partial charge in [-0.1, -0.05) is 25.4 Å². The quantitative estimate of drug-likeness (QED) is 0.740. The molecule has 1 amide bonds. The maximum Gasteiger partial charge on any atom is 0.236 e. The van der Waals surface area contributed by atoms with Gasteiger partial charge in [0, 0.05) is 32.9 Å². The molecule has 1 saturated heterocycles. The van der Waals surface area contributed by atoms with Crippen molar-refractivity contribution in [3.05, 3.63) is 23.6 Å². The number of piperidine rings is 1. The van der Waals surface area contributed by atoms with E-state index in [0.717, 1.165) is 18.5 Å². The van der Waals surface area contributed by atoms with E-state index in [4.69, 9.17) is 16.9 Å². The summed E-state index contributed by atoms with van der Waals surface area (Å²) < 4.78 is 1.68. The lowest BCUT2D eigenvalue weighted by Crippen LogP contribution is -2.41. The van der Waals surface area contributed by atoms with E-state index in [9.17, 15) is 4.79 Å². The van der Waals surface area contributed by atoms with Crippen LogP contribution in [0.5, 0.6) is 0 Å². The summed E-state index contributed by atoms with van der Waals surface area (Å²) in [6.45, 7) is 5.99. The lowest BCUT2D eigenvalue weighted by atomic mass is 9.97. The van der Waals surface area contributed by atoms with Gasteiger partial charge in [0.2, 0.25) is 11.9 Å². The number of aromatic nitrogens is 4. The third kappa shape index (κ3) is 6.61. The molecule has 0 spiro atoms. The lowest BCUT2D eigenvalue weighted by Gasteiger charge is -2.32. The van der Waals surface area contributed by atoms with Crippen molar-refractivity contribution < 1.29 is 4.79 Å². The molecule has 0 radical (unpaired) electrons. The second-order valence-electron chi connectivity index (χ2n) is 6.48. The number of hydrogen-bond donors (Lipinski definition) is 2. The van der Waals surface area contributed by atoms with Crippen molar-refractivity contribution in [2.24, 2.45) is 13.0 Å². The molecule has 0 saturated carbocycles. The predicted octanol–water partition coefficient (Wildman–Crippen LogP) is 3.20. The Morgan fingerprint density at radius 1 is 1.41 bits per heavy atom. The summed E-state index contributed by atoms with van der Waals surface area (Å²) in [7, 11) is 1.83. The summed E-state index contributed by atoms with van der Waals surface area (Å²) >= 11 is 6.21. The van der Waals surface area contributed by atoms with Crippen molar-refractivity contribution in [1.82, 2.24) is 24.6 Å². The second-order valence-corrected chi connectivity index (χ2v) is 6.89. The number of aryl methyl sites for hydroxylation is 1. The van der Waals surface area contributed by atoms with Gasteiger partial charge in [0.15, 0.2) is 5.82 Å². The first-order valence-electron chi connectivity index (χ1n) is 9.72. The van der Waals surface area contributed by atoms with Crippen molar-refractivity contribution >= 4 is 35.0 Å². The number of amides is 1. The molecular weight excluding hydrogens is 392 g/mol. The highest BCUT2D eigenvalue weighted by atomic mass is 35.5. The number of carbonyl (C=O) groups is 1. The Balaban J connectivity index is 0.00000145. The number of hydrogen-bond acceptors (Lipinski definition) is 7. The molecule has 0 aliphatic carbocycles. The molecule has 10 heteroatoms. The summed E-state index contributed by atoms with van der Waals surface area (Å²) in [4.78, 5) is 22.3. The number of likely N-dealkylation sites (tertiary alicyclic amines) is 1. The molecule has 1 aliphatic heterocycles. The van der Waals surface area contributed by atoms with E-state index in [1.807, 2.05) is 33.2 Å². The van der Waals surface area contributed by atoms with E-state index >= 15 is 0 Å². The maximum absolute atomic E-state index is 11.9. The smallest absolute Gasteiger partial charge is 0.236 e. The van der Waals surface area contributed by atoms with Crippen molar-refractivity contribution in [3.63, 3.8) is 0 Å². The van der Waals surface area contributed by atoms with Crippen LogP contribution >= 0.6 is 11.6 Å². The van der Waals surface area contributed by atoms with Gasteiger partial charge >= 0.3 is 0 Å². The van der Waals surface area contributed by atoms with Gasteiger partial charge < -0.3 is 15.5 Å². The molecule has 9 nitrogen and oxygen atoms in total. The van der Waals surface area contributed by atoms with Crippen LogP contribution < -0.4 is 10.6 Å². The topological polar surface area (TPSA) is 112 Å². The van der Waals surface area contributed by atoms with Crippen LogP contribution in [0.3, 0.4) is 0 Å². The first-order chi connectivity index (χ1) is 14.0. The minimum absolute atomic E-state index is 0.0682. The molecule has 0 aromatic carbocycles. The Hall–Kier alpha value is -2.86. The van der Waals surface area contributed by atoms with Crippen molar-refractivity contribution in [2.45, 2.75) is 33.1 Å². The van der Waals surface area contributed by atoms with Gasteiger partial charge in [0.05, 0.1) is 24.2 Å². The molecule has 3 heterocycles. The molecule has 156 valence electrons. The third-order valence-electron chi connectivity index (χ3n) is 4.37. The Morgan fingerprint density at radius 2 is 2.21 bits per heavy atom. The van der Waals surface area contributed by atoms with E-state index in [2.05, 4.69) is 25.7 Å². The van der Waals surface area contributed by atoms with Gasteiger partial charge in [0.1, 0.15) is 11.4 Å². The number of anilines is 3. The van der Waals surface area contributed by atoms with Crippen LogP contribution in [0, 0.1) is 17.2 Å². The van der Waals surface area contributed by atoms with Gasteiger partial charge in [-0.25, -0.2) is 4.98 Å². The fourth-order valence-corrected chi connectivity index (χ4v) is 3.20. The molecular formula is C19H27ClN8O. The summed E-state index contributed by atoms with van der Waals surface area (Å²) in [6.07, 6.45) is 6.90. The van der Waals surface area contributed by atoms with Crippen molar-refractivity contribution in [2.75, 3.05) is 30.3 Å². The first-order valence-corrected chi connectivity index (χ1v) is 10.1. The van der Waals surface area contributed by atoms with Crippen LogP contribution in [0.1, 0.15) is 33.1 Å². The normalized spacial score (nSPS) is 15.7. The standard InChI is InChI=1S/C17H21ClN8O.C2H6/c1-25-11-13(8-22-25)23-17-21-9-14(18)16(24-17)20-7-12-3-2-6-26(10-12)15(27)4-5-19;1-2/h8-9,11-12H,2-4,6-7,10H2,1H3,(H2,20,21,23,24);1-2H3. The number of halogens is 1. The third-order valence-corrected chi connectivity index (χ3v) is 4.64.